The van der Waals surface area contributed by atoms with E-state index in [9.17, 15) is 4.79 Å². The molecule has 0 bridgehead atoms. The number of carbonyl (C=O) groups excluding carboxylic acids is 1. The van der Waals surface area contributed by atoms with Crippen molar-refractivity contribution in [3.8, 4) is 0 Å². The maximum absolute atomic E-state index is 11.4. The first kappa shape index (κ1) is 19.9. The molecule has 4 heteroatoms. The zero-order valence-electron chi connectivity index (χ0n) is 13.0. The van der Waals surface area contributed by atoms with Gasteiger partial charge in [0.15, 0.2) is 0 Å². The van der Waals surface area contributed by atoms with Crippen LogP contribution in [0.2, 0.25) is 0 Å². The van der Waals surface area contributed by atoms with Gasteiger partial charge in [-0.05, 0) is 43.4 Å². The smallest absolute Gasteiger partial charge is 0.305 e. The van der Waals surface area contributed by atoms with Gasteiger partial charge in [0.2, 0.25) is 0 Å². The van der Waals surface area contributed by atoms with Crippen LogP contribution in [0.15, 0.2) is 0 Å². The molecule has 0 fully saturated rings. The molecule has 20 heavy (non-hydrogen) atoms. The number of hydrogen-bond donors (Lipinski definition) is 1. The van der Waals surface area contributed by atoms with Gasteiger partial charge >= 0.3 is 5.97 Å². The van der Waals surface area contributed by atoms with Crippen LogP contribution in [0.4, 0.5) is 0 Å². The van der Waals surface area contributed by atoms with Crippen LogP contribution in [0.3, 0.4) is 0 Å². The highest BCUT2D eigenvalue weighted by Crippen LogP contribution is 2.15. The molecule has 0 heterocycles. The maximum atomic E-state index is 11.4. The van der Waals surface area contributed by atoms with Crippen LogP contribution in [0, 0.1) is 0 Å². The van der Waals surface area contributed by atoms with E-state index >= 15 is 0 Å². The summed E-state index contributed by atoms with van der Waals surface area (Å²) in [4.78, 5) is 12.6. The third-order valence-electron chi connectivity index (χ3n) is 3.21. The highest BCUT2D eigenvalue weighted by Gasteiger charge is 2.07. The van der Waals surface area contributed by atoms with Crippen molar-refractivity contribution in [2.45, 2.75) is 83.3 Å². The lowest BCUT2D eigenvalue weighted by Crippen LogP contribution is -2.06. The average Bonchev–Trinajstić information content (AvgIpc) is 2.42. The van der Waals surface area contributed by atoms with Crippen molar-refractivity contribution >= 4 is 35.7 Å². The monoisotopic (exact) mass is 318 g/mol. The van der Waals surface area contributed by atoms with Gasteiger partial charge in [-0.2, -0.15) is 12.6 Å². The number of thiol groups is 1. The lowest BCUT2D eigenvalue weighted by atomic mass is 10.1. The zero-order valence-corrected chi connectivity index (χ0v) is 14.7. The minimum Gasteiger partial charge on any atom is -0.466 e. The van der Waals surface area contributed by atoms with Crippen LogP contribution in [-0.2, 0) is 9.53 Å². The first-order chi connectivity index (χ1) is 9.60. The fourth-order valence-corrected chi connectivity index (χ4v) is 2.56. The summed E-state index contributed by atoms with van der Waals surface area (Å²) >= 11 is 9.89. The van der Waals surface area contributed by atoms with Crippen molar-refractivity contribution in [2.75, 3.05) is 6.61 Å². The van der Waals surface area contributed by atoms with Gasteiger partial charge in [0.05, 0.1) is 6.61 Å². The Morgan fingerprint density at radius 2 is 1.80 bits per heavy atom. The number of thiocarbonyl (C=S) groups is 1. The van der Waals surface area contributed by atoms with Crippen molar-refractivity contribution in [3.63, 3.8) is 0 Å². The molecule has 0 rings (SSSR count). The molecule has 118 valence electrons. The Morgan fingerprint density at radius 3 is 2.45 bits per heavy atom. The summed E-state index contributed by atoms with van der Waals surface area (Å²) in [6.45, 7) is 4.82. The van der Waals surface area contributed by atoms with Gasteiger partial charge < -0.3 is 4.74 Å². The lowest BCUT2D eigenvalue weighted by Gasteiger charge is -2.10. The van der Waals surface area contributed by atoms with E-state index in [0.29, 0.717) is 18.3 Å². The molecule has 0 spiro atoms. The molecular formula is C16H30O2S2. The third kappa shape index (κ3) is 12.9. The summed E-state index contributed by atoms with van der Waals surface area (Å²) in [7, 11) is 0. The number of ether oxygens (including phenoxy) is 1. The van der Waals surface area contributed by atoms with Crippen LogP contribution in [0.25, 0.3) is 0 Å². The first-order valence-corrected chi connectivity index (χ1v) is 8.88. The van der Waals surface area contributed by atoms with Gasteiger partial charge in [-0.1, -0.05) is 45.3 Å². The highest BCUT2D eigenvalue weighted by atomic mass is 32.1. The molecule has 0 aliphatic heterocycles. The van der Waals surface area contributed by atoms with E-state index in [1.165, 1.54) is 4.86 Å². The molecule has 0 N–H and O–H groups in total. The molecule has 1 unspecified atom stereocenters. The average molecular weight is 319 g/mol. The molecular weight excluding hydrogens is 288 g/mol. The molecule has 0 aliphatic carbocycles. The lowest BCUT2D eigenvalue weighted by molar-refractivity contribution is -0.143. The summed E-state index contributed by atoms with van der Waals surface area (Å²) in [5, 5.41) is 0.404. The molecule has 0 aromatic carbocycles. The van der Waals surface area contributed by atoms with Gasteiger partial charge in [-0.15, -0.1) is 0 Å². The molecule has 0 aromatic heterocycles. The Labute approximate surface area is 135 Å². The normalized spacial score (nSPS) is 12.2. The Hall–Kier alpha value is -0.0900. The number of carbonyl (C=O) groups is 1. The summed E-state index contributed by atoms with van der Waals surface area (Å²) in [5.41, 5.74) is 0. The maximum Gasteiger partial charge on any atom is 0.305 e. The molecule has 0 radical (unpaired) electrons. The molecule has 0 aliphatic rings. The zero-order chi connectivity index (χ0) is 15.2. The van der Waals surface area contributed by atoms with Gasteiger partial charge in [0.1, 0.15) is 0 Å². The van der Waals surface area contributed by atoms with Crippen molar-refractivity contribution < 1.29 is 9.53 Å². The van der Waals surface area contributed by atoms with Crippen LogP contribution in [-0.4, -0.2) is 22.7 Å². The molecule has 0 aromatic rings. The Balaban J connectivity index is 3.44. The van der Waals surface area contributed by atoms with Crippen LogP contribution in [0.5, 0.6) is 0 Å². The first-order valence-electron chi connectivity index (χ1n) is 7.95. The largest absolute Gasteiger partial charge is 0.466 e. The summed E-state index contributed by atoms with van der Waals surface area (Å²) in [5.74, 6) is -0.0571. The number of rotatable bonds is 13. The quantitative estimate of drug-likeness (QED) is 0.220. The van der Waals surface area contributed by atoms with Gasteiger partial charge in [0, 0.05) is 11.7 Å². The van der Waals surface area contributed by atoms with E-state index in [4.69, 9.17) is 17.0 Å². The van der Waals surface area contributed by atoms with E-state index in [0.717, 1.165) is 57.8 Å². The summed E-state index contributed by atoms with van der Waals surface area (Å²) in [6.07, 6.45) is 9.82. The summed E-state index contributed by atoms with van der Waals surface area (Å²) in [6, 6.07) is 0. The fraction of sp³-hybridized carbons (Fsp3) is 0.875. The number of unbranched alkanes of at least 4 members (excludes halogenated alkanes) is 2. The molecule has 0 amide bonds. The standard InChI is InChI=1S/C16H30O2S2/c1-3-5-13-18-16(17)10-7-6-9-15(20)12-11-14(19)8-4-2/h15,20H,3-13H2,1-2H3. The van der Waals surface area contributed by atoms with Crippen LogP contribution < -0.4 is 0 Å². The second-order valence-corrected chi connectivity index (χ2v) is 6.61. The van der Waals surface area contributed by atoms with Crippen molar-refractivity contribution in [3.05, 3.63) is 0 Å². The minimum absolute atomic E-state index is 0.0571. The molecule has 0 saturated heterocycles. The molecule has 2 nitrogen and oxygen atoms in total. The van der Waals surface area contributed by atoms with Crippen molar-refractivity contribution in [2.24, 2.45) is 0 Å². The van der Waals surface area contributed by atoms with E-state index in [1.54, 1.807) is 0 Å². The third-order valence-corrected chi connectivity index (χ3v) is 4.14. The molecule has 1 atom stereocenters. The predicted octanol–water partition coefficient (Wildman–Crippen LogP) is 5.14. The van der Waals surface area contributed by atoms with Gasteiger partial charge in [-0.3, -0.25) is 4.79 Å². The SMILES string of the molecule is CCCCOC(=O)CCCCC(S)CCC(=S)CCC. The van der Waals surface area contributed by atoms with Crippen LogP contribution in [0.1, 0.15) is 78.1 Å². The fourth-order valence-electron chi connectivity index (χ4n) is 1.93. The minimum atomic E-state index is -0.0571. The highest BCUT2D eigenvalue weighted by molar-refractivity contribution is 7.81. The Kier molecular flexibility index (Phi) is 13.8. The van der Waals surface area contributed by atoms with Crippen LogP contribution >= 0.6 is 24.8 Å². The number of hydrogen-bond acceptors (Lipinski definition) is 4. The van der Waals surface area contributed by atoms with E-state index < -0.39 is 0 Å². The van der Waals surface area contributed by atoms with Gasteiger partial charge in [-0.25, -0.2) is 0 Å². The van der Waals surface area contributed by atoms with E-state index in [-0.39, 0.29) is 5.97 Å². The van der Waals surface area contributed by atoms with E-state index in [2.05, 4.69) is 26.5 Å². The second-order valence-electron chi connectivity index (χ2n) is 5.30. The second kappa shape index (κ2) is 13.9. The molecule has 0 saturated carbocycles. The van der Waals surface area contributed by atoms with Crippen molar-refractivity contribution in [1.29, 1.82) is 0 Å². The topological polar surface area (TPSA) is 26.3 Å². The van der Waals surface area contributed by atoms with Gasteiger partial charge in [0.25, 0.3) is 0 Å². The van der Waals surface area contributed by atoms with Crippen molar-refractivity contribution in [1.82, 2.24) is 0 Å². The summed E-state index contributed by atoms with van der Waals surface area (Å²) < 4.78 is 5.12. The number of esters is 1. The Bertz CT molecular complexity index is 267. The Morgan fingerprint density at radius 1 is 1.05 bits per heavy atom. The van der Waals surface area contributed by atoms with E-state index in [1.807, 2.05) is 0 Å². The predicted molar refractivity (Wildman–Crippen MR) is 93.8 cm³/mol.